The van der Waals surface area contributed by atoms with Gasteiger partial charge in [-0.15, -0.1) is 0 Å². The Balaban J connectivity index is 2.68. The Bertz CT molecular complexity index is 547. The van der Waals surface area contributed by atoms with Crippen LogP contribution in [-0.4, -0.2) is 23.7 Å². The molecule has 0 unspecified atom stereocenters. The lowest BCUT2D eigenvalue weighted by Gasteiger charge is -2.19. The van der Waals surface area contributed by atoms with Crippen LogP contribution in [-0.2, 0) is 4.79 Å². The number of urea groups is 1. The zero-order chi connectivity index (χ0) is 15.5. The fourth-order valence-electron chi connectivity index (χ4n) is 1.16. The van der Waals surface area contributed by atoms with Gasteiger partial charge in [0.25, 0.3) is 0 Å². The Hall–Kier alpha value is -2.25. The van der Waals surface area contributed by atoms with Crippen molar-refractivity contribution in [3.8, 4) is 0 Å². The molecule has 8 heteroatoms. The first-order chi connectivity index (χ1) is 9.13. The smallest absolute Gasteiger partial charge is 0.319 e. The van der Waals surface area contributed by atoms with Crippen LogP contribution >= 0.6 is 0 Å². The molecule has 0 heterocycles. The number of rotatable bonds is 4. The monoisotopic (exact) mass is 290 g/mol. The molecule has 0 atom stereocenters. The van der Waals surface area contributed by atoms with Crippen molar-refractivity contribution >= 4 is 17.7 Å². The average molecular weight is 290 g/mol. The van der Waals surface area contributed by atoms with E-state index in [9.17, 15) is 22.8 Å². The van der Waals surface area contributed by atoms with Gasteiger partial charge in [0, 0.05) is 18.7 Å². The molecule has 0 aliphatic rings. The lowest BCUT2D eigenvalue weighted by Crippen LogP contribution is -2.40. The number of anilines is 1. The van der Waals surface area contributed by atoms with E-state index in [0.717, 1.165) is 0 Å². The second kappa shape index (κ2) is 5.81. The minimum Gasteiger partial charge on any atom is -0.481 e. The van der Waals surface area contributed by atoms with Crippen molar-refractivity contribution in [1.82, 2.24) is 5.32 Å². The summed E-state index contributed by atoms with van der Waals surface area (Å²) in [6.45, 7) is 2.54. The van der Waals surface area contributed by atoms with Gasteiger partial charge in [-0.1, -0.05) is 0 Å². The molecule has 110 valence electrons. The molecule has 0 bridgehead atoms. The summed E-state index contributed by atoms with van der Waals surface area (Å²) in [6.07, 6.45) is 0. The zero-order valence-corrected chi connectivity index (χ0v) is 10.8. The number of carbonyl (C=O) groups is 2. The molecule has 0 saturated heterocycles. The molecule has 2 amide bonds. The standard InChI is InChI=1S/C12H13F3N2O3/c1-12(2,10(18)19)5-16-11(20)17-9-4-7(14)6(13)3-8(9)15/h3-4H,5H2,1-2H3,(H,18,19)(H2,16,17,20). The van der Waals surface area contributed by atoms with E-state index in [1.807, 2.05) is 5.32 Å². The Morgan fingerprint density at radius 2 is 1.70 bits per heavy atom. The largest absolute Gasteiger partial charge is 0.481 e. The SMILES string of the molecule is CC(C)(CNC(=O)Nc1cc(F)c(F)cc1F)C(=O)O. The zero-order valence-electron chi connectivity index (χ0n) is 10.8. The average Bonchev–Trinajstić information content (AvgIpc) is 2.33. The van der Waals surface area contributed by atoms with Crippen LogP contribution in [0.15, 0.2) is 12.1 Å². The molecule has 0 aromatic heterocycles. The lowest BCUT2D eigenvalue weighted by atomic mass is 9.94. The van der Waals surface area contributed by atoms with Crippen molar-refractivity contribution < 1.29 is 27.9 Å². The fraction of sp³-hybridized carbons (Fsp3) is 0.333. The number of aliphatic carboxylic acids is 1. The maximum atomic E-state index is 13.2. The van der Waals surface area contributed by atoms with Crippen molar-refractivity contribution in [3.05, 3.63) is 29.6 Å². The van der Waals surface area contributed by atoms with Crippen LogP contribution in [0.4, 0.5) is 23.7 Å². The van der Waals surface area contributed by atoms with Gasteiger partial charge in [-0.05, 0) is 13.8 Å². The van der Waals surface area contributed by atoms with E-state index in [4.69, 9.17) is 5.11 Å². The summed E-state index contributed by atoms with van der Waals surface area (Å²) in [7, 11) is 0. The van der Waals surface area contributed by atoms with Gasteiger partial charge < -0.3 is 15.7 Å². The molecule has 0 radical (unpaired) electrons. The highest BCUT2D eigenvalue weighted by Crippen LogP contribution is 2.18. The van der Waals surface area contributed by atoms with Gasteiger partial charge in [0.15, 0.2) is 11.6 Å². The molecule has 5 nitrogen and oxygen atoms in total. The molecule has 1 aromatic carbocycles. The minimum atomic E-state index is -1.37. The van der Waals surface area contributed by atoms with Gasteiger partial charge >= 0.3 is 12.0 Å². The maximum Gasteiger partial charge on any atom is 0.319 e. The first kappa shape index (κ1) is 15.8. The number of hydrogen-bond donors (Lipinski definition) is 3. The Kier molecular flexibility index (Phi) is 4.59. The second-order valence-electron chi connectivity index (χ2n) is 4.74. The van der Waals surface area contributed by atoms with Gasteiger partial charge in [-0.25, -0.2) is 18.0 Å². The molecule has 0 fully saturated rings. The summed E-state index contributed by atoms with van der Waals surface area (Å²) < 4.78 is 38.8. The molecular formula is C12H13F3N2O3. The predicted octanol–water partition coefficient (Wildman–Crippen LogP) is 2.34. The third kappa shape index (κ3) is 3.87. The van der Waals surface area contributed by atoms with Crippen LogP contribution in [0.25, 0.3) is 0 Å². The van der Waals surface area contributed by atoms with Gasteiger partial charge in [-0.3, -0.25) is 4.79 Å². The minimum absolute atomic E-state index is 0.223. The molecule has 0 spiro atoms. The van der Waals surface area contributed by atoms with Gasteiger partial charge in [0.1, 0.15) is 5.82 Å². The van der Waals surface area contributed by atoms with Crippen LogP contribution < -0.4 is 10.6 Å². The van der Waals surface area contributed by atoms with Crippen LogP contribution in [0.5, 0.6) is 0 Å². The third-order valence-electron chi connectivity index (χ3n) is 2.53. The van der Waals surface area contributed by atoms with Gasteiger partial charge in [-0.2, -0.15) is 0 Å². The molecule has 0 aliphatic carbocycles. The van der Waals surface area contributed by atoms with Crippen molar-refractivity contribution in [2.75, 3.05) is 11.9 Å². The van der Waals surface area contributed by atoms with Crippen molar-refractivity contribution in [1.29, 1.82) is 0 Å². The van der Waals surface area contributed by atoms with E-state index < -0.39 is 40.6 Å². The highest BCUT2D eigenvalue weighted by molar-refractivity contribution is 5.89. The second-order valence-corrected chi connectivity index (χ2v) is 4.74. The van der Waals surface area contributed by atoms with Crippen molar-refractivity contribution in [2.24, 2.45) is 5.41 Å². The van der Waals surface area contributed by atoms with Crippen LogP contribution in [0, 0.1) is 22.9 Å². The van der Waals surface area contributed by atoms with Gasteiger partial charge in [0.2, 0.25) is 0 Å². The van der Waals surface area contributed by atoms with Crippen molar-refractivity contribution in [3.63, 3.8) is 0 Å². The summed E-state index contributed by atoms with van der Waals surface area (Å²) in [4.78, 5) is 22.2. The molecule has 3 N–H and O–H groups in total. The van der Waals surface area contributed by atoms with Crippen LogP contribution in [0.1, 0.15) is 13.8 Å². The van der Waals surface area contributed by atoms with Gasteiger partial charge in [0.05, 0.1) is 11.1 Å². The quantitative estimate of drug-likeness (QED) is 0.745. The fourth-order valence-corrected chi connectivity index (χ4v) is 1.16. The first-order valence-corrected chi connectivity index (χ1v) is 5.56. The molecule has 20 heavy (non-hydrogen) atoms. The third-order valence-corrected chi connectivity index (χ3v) is 2.53. The maximum absolute atomic E-state index is 13.2. The lowest BCUT2D eigenvalue weighted by molar-refractivity contribution is -0.146. The summed E-state index contributed by atoms with van der Waals surface area (Å²) in [5, 5.41) is 13.0. The Morgan fingerprint density at radius 3 is 2.25 bits per heavy atom. The number of nitrogens with one attached hydrogen (secondary N) is 2. The van der Waals surface area contributed by atoms with Crippen LogP contribution in [0.2, 0.25) is 0 Å². The summed E-state index contributed by atoms with van der Waals surface area (Å²) >= 11 is 0. The molecule has 0 aliphatic heterocycles. The van der Waals surface area contributed by atoms with E-state index in [1.54, 1.807) is 0 Å². The van der Waals surface area contributed by atoms with E-state index in [-0.39, 0.29) is 6.54 Å². The molecule has 1 aromatic rings. The molecule has 1 rings (SSSR count). The van der Waals surface area contributed by atoms with Crippen molar-refractivity contribution in [2.45, 2.75) is 13.8 Å². The number of halogens is 3. The Morgan fingerprint density at radius 1 is 1.15 bits per heavy atom. The Labute approximate surface area is 112 Å². The summed E-state index contributed by atoms with van der Waals surface area (Å²) in [5.74, 6) is -4.96. The predicted molar refractivity (Wildman–Crippen MR) is 64.8 cm³/mol. The van der Waals surface area contributed by atoms with E-state index in [0.29, 0.717) is 12.1 Å². The number of carboxylic acid groups (broad SMARTS) is 1. The highest BCUT2D eigenvalue weighted by Gasteiger charge is 2.27. The summed E-state index contributed by atoms with van der Waals surface area (Å²) in [6, 6.07) is -0.136. The number of amides is 2. The van der Waals surface area contributed by atoms with E-state index in [2.05, 4.69) is 5.32 Å². The first-order valence-electron chi connectivity index (χ1n) is 5.56. The number of hydrogen-bond acceptors (Lipinski definition) is 2. The normalized spacial score (nSPS) is 11.1. The highest BCUT2D eigenvalue weighted by atomic mass is 19.2. The number of carboxylic acids is 1. The molecule has 0 saturated carbocycles. The van der Waals surface area contributed by atoms with Crippen LogP contribution in [0.3, 0.4) is 0 Å². The molecular weight excluding hydrogens is 277 g/mol. The number of benzene rings is 1. The van der Waals surface area contributed by atoms with E-state index >= 15 is 0 Å². The topological polar surface area (TPSA) is 78.4 Å². The number of carbonyl (C=O) groups excluding carboxylic acids is 1. The summed E-state index contributed by atoms with van der Waals surface area (Å²) in [5.41, 5.74) is -1.77. The van der Waals surface area contributed by atoms with E-state index in [1.165, 1.54) is 13.8 Å².